The molecular weight excluding hydrogens is 287 g/mol. The summed E-state index contributed by atoms with van der Waals surface area (Å²) in [6, 6.07) is 4.08. The van der Waals surface area contributed by atoms with E-state index < -0.39 is 0 Å². The molecule has 1 fully saturated rings. The Bertz CT molecular complexity index is 564. The van der Waals surface area contributed by atoms with Gasteiger partial charge >= 0.3 is 0 Å². The summed E-state index contributed by atoms with van der Waals surface area (Å²) < 4.78 is 5.75. The van der Waals surface area contributed by atoms with Gasteiger partial charge in [0, 0.05) is 24.7 Å². The van der Waals surface area contributed by atoms with E-state index in [1.807, 2.05) is 0 Å². The van der Waals surface area contributed by atoms with Gasteiger partial charge in [0.25, 0.3) is 6.01 Å². The van der Waals surface area contributed by atoms with E-state index in [0.29, 0.717) is 27.8 Å². The lowest BCUT2D eigenvalue weighted by atomic mass is 10.3. The number of hydrogen-bond donors (Lipinski definition) is 2. The van der Waals surface area contributed by atoms with Crippen molar-refractivity contribution in [2.75, 3.05) is 36.8 Å². The van der Waals surface area contributed by atoms with Crippen molar-refractivity contribution in [2.24, 2.45) is 0 Å². The molecule has 2 aromatic rings. The maximum absolute atomic E-state index is 5.96. The molecule has 2 heterocycles. The first-order chi connectivity index (χ1) is 8.74. The summed E-state index contributed by atoms with van der Waals surface area (Å²) in [4.78, 5) is 6.60. The molecule has 7 heteroatoms. The molecule has 1 aromatic carbocycles. The molecule has 5 nitrogen and oxygen atoms in total. The van der Waals surface area contributed by atoms with Crippen LogP contribution < -0.4 is 16.0 Å². The van der Waals surface area contributed by atoms with Crippen molar-refractivity contribution in [1.29, 1.82) is 0 Å². The predicted molar refractivity (Wildman–Crippen MR) is 80.4 cm³/mol. The van der Waals surface area contributed by atoms with Crippen molar-refractivity contribution in [3.8, 4) is 0 Å². The minimum atomic E-state index is 0. The van der Waals surface area contributed by atoms with Crippen LogP contribution in [-0.2, 0) is 0 Å². The van der Waals surface area contributed by atoms with E-state index in [0.717, 1.165) is 32.6 Å². The predicted octanol–water partition coefficient (Wildman–Crippen LogP) is 2.28. The molecule has 3 N–H and O–H groups in total. The Hall–Kier alpha value is -1.17. The van der Waals surface area contributed by atoms with Crippen molar-refractivity contribution in [2.45, 2.75) is 6.42 Å². The highest BCUT2D eigenvalue weighted by Gasteiger charge is 2.17. The Morgan fingerprint density at radius 3 is 3.00 bits per heavy atom. The zero-order chi connectivity index (χ0) is 12.5. The summed E-state index contributed by atoms with van der Waals surface area (Å²) in [5.41, 5.74) is 7.75. The first kappa shape index (κ1) is 14.2. The largest absolute Gasteiger partial charge is 0.421 e. The van der Waals surface area contributed by atoms with Gasteiger partial charge in [-0.3, -0.25) is 0 Å². The van der Waals surface area contributed by atoms with E-state index in [1.54, 1.807) is 12.1 Å². The van der Waals surface area contributed by atoms with Crippen LogP contribution in [0, 0.1) is 0 Å². The second-order valence-corrected chi connectivity index (χ2v) is 4.87. The number of nitrogens with one attached hydrogen (secondary N) is 1. The van der Waals surface area contributed by atoms with Crippen LogP contribution in [0.1, 0.15) is 6.42 Å². The Labute approximate surface area is 122 Å². The number of nitrogens with zero attached hydrogens (tertiary/aromatic N) is 2. The van der Waals surface area contributed by atoms with Crippen molar-refractivity contribution < 1.29 is 4.42 Å². The number of nitrogen functional groups attached to an aromatic ring is 1. The zero-order valence-corrected chi connectivity index (χ0v) is 11.9. The number of fused-ring (bicyclic) bond motifs is 1. The second kappa shape index (κ2) is 5.86. The van der Waals surface area contributed by atoms with Crippen LogP contribution in [0.4, 0.5) is 11.7 Å². The van der Waals surface area contributed by atoms with Crippen LogP contribution in [0.5, 0.6) is 0 Å². The molecule has 0 amide bonds. The minimum Gasteiger partial charge on any atom is -0.421 e. The fourth-order valence-electron chi connectivity index (χ4n) is 2.18. The molecule has 1 aromatic heterocycles. The number of benzene rings is 1. The average Bonchev–Trinajstić information content (AvgIpc) is 2.59. The van der Waals surface area contributed by atoms with Crippen LogP contribution in [-0.4, -0.2) is 31.2 Å². The quantitative estimate of drug-likeness (QED) is 0.791. The first-order valence-corrected chi connectivity index (χ1v) is 6.43. The lowest BCUT2D eigenvalue weighted by Crippen LogP contribution is -2.27. The molecule has 0 radical (unpaired) electrons. The molecule has 0 aliphatic carbocycles. The number of nitrogens with two attached hydrogens (primary N) is 1. The summed E-state index contributed by atoms with van der Waals surface area (Å²) in [6.07, 6.45) is 1.08. The standard InChI is InChI=1S/C12H15ClN4O.ClH/c13-8-6-9(14)11-10(7-8)16-12(18-11)17-4-1-2-15-3-5-17;/h6-7,15H,1-5,14H2;1H. The van der Waals surface area contributed by atoms with E-state index in [2.05, 4.69) is 15.2 Å². The zero-order valence-electron chi connectivity index (χ0n) is 10.4. The topological polar surface area (TPSA) is 67.3 Å². The molecule has 19 heavy (non-hydrogen) atoms. The Morgan fingerprint density at radius 2 is 2.16 bits per heavy atom. The third-order valence-corrected chi connectivity index (χ3v) is 3.30. The van der Waals surface area contributed by atoms with E-state index in [1.165, 1.54) is 0 Å². The van der Waals surface area contributed by atoms with Gasteiger partial charge in [0.05, 0.1) is 5.69 Å². The molecule has 0 atom stereocenters. The number of anilines is 2. The highest BCUT2D eigenvalue weighted by atomic mass is 35.5. The smallest absolute Gasteiger partial charge is 0.298 e. The fraction of sp³-hybridized carbons (Fsp3) is 0.417. The van der Waals surface area contributed by atoms with E-state index in [9.17, 15) is 0 Å². The average molecular weight is 303 g/mol. The van der Waals surface area contributed by atoms with Crippen molar-refractivity contribution in [1.82, 2.24) is 10.3 Å². The lowest BCUT2D eigenvalue weighted by molar-refractivity contribution is 0.572. The van der Waals surface area contributed by atoms with Gasteiger partial charge in [0.15, 0.2) is 5.58 Å². The molecule has 0 spiro atoms. The van der Waals surface area contributed by atoms with Gasteiger partial charge < -0.3 is 20.4 Å². The maximum atomic E-state index is 5.96. The lowest BCUT2D eigenvalue weighted by Gasteiger charge is -2.16. The van der Waals surface area contributed by atoms with Gasteiger partial charge in [0.2, 0.25) is 0 Å². The molecule has 1 aliphatic heterocycles. The monoisotopic (exact) mass is 302 g/mol. The van der Waals surface area contributed by atoms with Gasteiger partial charge in [-0.25, -0.2) is 0 Å². The third kappa shape index (κ3) is 2.88. The first-order valence-electron chi connectivity index (χ1n) is 6.05. The summed E-state index contributed by atoms with van der Waals surface area (Å²) >= 11 is 5.96. The molecule has 1 aliphatic rings. The number of oxazole rings is 1. The highest BCUT2D eigenvalue weighted by Crippen LogP contribution is 2.29. The molecule has 0 saturated carbocycles. The number of rotatable bonds is 1. The highest BCUT2D eigenvalue weighted by molar-refractivity contribution is 6.31. The Kier molecular flexibility index (Phi) is 4.39. The van der Waals surface area contributed by atoms with Gasteiger partial charge in [-0.1, -0.05) is 11.6 Å². The van der Waals surface area contributed by atoms with Gasteiger partial charge in [-0.05, 0) is 25.1 Å². The summed E-state index contributed by atoms with van der Waals surface area (Å²) in [5, 5.41) is 3.93. The summed E-state index contributed by atoms with van der Waals surface area (Å²) in [7, 11) is 0. The summed E-state index contributed by atoms with van der Waals surface area (Å²) in [5.74, 6) is 0. The molecular formula is C12H16Cl2N4O. The molecule has 1 saturated heterocycles. The van der Waals surface area contributed by atoms with Crippen molar-refractivity contribution in [3.05, 3.63) is 17.2 Å². The van der Waals surface area contributed by atoms with Crippen molar-refractivity contribution >= 4 is 46.8 Å². The second-order valence-electron chi connectivity index (χ2n) is 4.43. The van der Waals surface area contributed by atoms with E-state index >= 15 is 0 Å². The van der Waals surface area contributed by atoms with Crippen molar-refractivity contribution in [3.63, 3.8) is 0 Å². The number of halogens is 2. The Balaban J connectivity index is 0.00000133. The fourth-order valence-corrected chi connectivity index (χ4v) is 2.40. The summed E-state index contributed by atoms with van der Waals surface area (Å²) in [6.45, 7) is 3.80. The van der Waals surface area contributed by atoms with Crippen LogP contribution >= 0.6 is 24.0 Å². The molecule has 0 bridgehead atoms. The van der Waals surface area contributed by atoms with Gasteiger partial charge in [0.1, 0.15) is 5.52 Å². The van der Waals surface area contributed by atoms with Gasteiger partial charge in [-0.2, -0.15) is 4.98 Å². The normalized spacial score (nSPS) is 16.2. The molecule has 0 unspecified atom stereocenters. The molecule has 104 valence electrons. The molecule has 3 rings (SSSR count). The van der Waals surface area contributed by atoms with Crippen LogP contribution in [0.3, 0.4) is 0 Å². The van der Waals surface area contributed by atoms with E-state index in [-0.39, 0.29) is 12.4 Å². The van der Waals surface area contributed by atoms with Crippen LogP contribution in [0.25, 0.3) is 11.1 Å². The maximum Gasteiger partial charge on any atom is 0.298 e. The minimum absolute atomic E-state index is 0. The third-order valence-electron chi connectivity index (χ3n) is 3.08. The van der Waals surface area contributed by atoms with Crippen LogP contribution in [0.15, 0.2) is 16.5 Å². The number of aromatic nitrogens is 1. The Morgan fingerprint density at radius 1 is 1.32 bits per heavy atom. The SMILES string of the molecule is Cl.Nc1cc(Cl)cc2nc(N3CCCNCC3)oc12. The van der Waals surface area contributed by atoms with Crippen LogP contribution in [0.2, 0.25) is 5.02 Å². The van der Waals surface area contributed by atoms with Gasteiger partial charge in [-0.15, -0.1) is 12.4 Å². The van der Waals surface area contributed by atoms with E-state index in [4.69, 9.17) is 21.8 Å². The number of hydrogen-bond acceptors (Lipinski definition) is 5.